The van der Waals surface area contributed by atoms with Crippen LogP contribution in [0.4, 0.5) is 0 Å². The lowest BCUT2D eigenvalue weighted by molar-refractivity contribution is -0.121. The molecule has 7 nitrogen and oxygen atoms in total. The van der Waals surface area contributed by atoms with Crippen molar-refractivity contribution in [3.05, 3.63) is 57.1 Å². The molecule has 1 heterocycles. The fraction of sp³-hybridized carbons (Fsp3) is 0.423. The highest BCUT2D eigenvalue weighted by atomic mass is 32.1. The molecule has 1 aliphatic carbocycles. The zero-order valence-corrected chi connectivity index (χ0v) is 20.5. The Balaban J connectivity index is 1.60. The number of amides is 1. The fourth-order valence-electron chi connectivity index (χ4n) is 4.47. The maximum absolute atomic E-state index is 13.4. The number of carbonyl (C=O) groups excluding carboxylic acids is 1. The highest BCUT2D eigenvalue weighted by molar-refractivity contribution is 7.71. The van der Waals surface area contributed by atoms with Crippen LogP contribution < -0.4 is 20.3 Å². The topological polar surface area (TPSA) is 85.4 Å². The van der Waals surface area contributed by atoms with Gasteiger partial charge in [0, 0.05) is 12.1 Å². The lowest BCUT2D eigenvalue weighted by Crippen LogP contribution is -2.37. The van der Waals surface area contributed by atoms with E-state index in [2.05, 4.69) is 10.3 Å². The number of nitrogens with one attached hydrogen (secondary N) is 2. The number of ether oxygens (including phenoxy) is 2. The molecule has 2 aromatic carbocycles. The summed E-state index contributed by atoms with van der Waals surface area (Å²) in [5.41, 5.74) is 1.87. The number of rotatable bonds is 8. The molecule has 34 heavy (non-hydrogen) atoms. The first kappa shape index (κ1) is 24.0. The molecule has 1 aromatic heterocycles. The summed E-state index contributed by atoms with van der Waals surface area (Å²) >= 11 is 5.51. The summed E-state index contributed by atoms with van der Waals surface area (Å²) in [4.78, 5) is 29.0. The fourth-order valence-corrected chi connectivity index (χ4v) is 4.77. The number of aromatic nitrogens is 2. The van der Waals surface area contributed by atoms with Gasteiger partial charge in [-0.2, -0.15) is 0 Å². The maximum Gasteiger partial charge on any atom is 0.266 e. The second-order valence-corrected chi connectivity index (χ2v) is 8.91. The summed E-state index contributed by atoms with van der Waals surface area (Å²) in [6.45, 7) is 4.71. The molecule has 0 bridgehead atoms. The second-order valence-electron chi connectivity index (χ2n) is 8.53. The lowest BCUT2D eigenvalue weighted by atomic mass is 9.95. The van der Waals surface area contributed by atoms with E-state index in [4.69, 9.17) is 21.7 Å². The van der Waals surface area contributed by atoms with Crippen LogP contribution in [-0.2, 0) is 11.2 Å². The first-order valence-electron chi connectivity index (χ1n) is 12.0. The van der Waals surface area contributed by atoms with E-state index in [1.807, 2.05) is 38.1 Å². The zero-order chi connectivity index (χ0) is 24.1. The van der Waals surface area contributed by atoms with E-state index in [-0.39, 0.29) is 16.2 Å². The molecule has 8 heteroatoms. The van der Waals surface area contributed by atoms with Gasteiger partial charge in [0.05, 0.1) is 36.2 Å². The van der Waals surface area contributed by atoms with Crippen molar-refractivity contribution >= 4 is 29.0 Å². The van der Waals surface area contributed by atoms with Crippen LogP contribution in [0.3, 0.4) is 0 Å². The number of hydrogen-bond acceptors (Lipinski definition) is 5. The molecule has 0 saturated heterocycles. The van der Waals surface area contributed by atoms with Gasteiger partial charge in [0.25, 0.3) is 5.56 Å². The number of fused-ring (bicyclic) bond motifs is 1. The third-order valence-electron chi connectivity index (χ3n) is 6.09. The largest absolute Gasteiger partial charge is 0.490 e. The summed E-state index contributed by atoms with van der Waals surface area (Å²) in [5.74, 6) is 1.12. The molecule has 0 aliphatic heterocycles. The highest BCUT2D eigenvalue weighted by Gasteiger charge is 2.16. The van der Waals surface area contributed by atoms with Gasteiger partial charge in [-0.1, -0.05) is 31.4 Å². The Hall–Kier alpha value is -3.13. The number of carbonyl (C=O) groups is 1. The van der Waals surface area contributed by atoms with E-state index in [9.17, 15) is 9.59 Å². The molecule has 0 radical (unpaired) electrons. The summed E-state index contributed by atoms with van der Waals surface area (Å²) < 4.78 is 13.1. The van der Waals surface area contributed by atoms with Crippen LogP contribution in [0.2, 0.25) is 0 Å². The van der Waals surface area contributed by atoms with Crippen LogP contribution in [0.1, 0.15) is 51.5 Å². The molecule has 1 saturated carbocycles. The Kier molecular flexibility index (Phi) is 7.67. The van der Waals surface area contributed by atoms with E-state index >= 15 is 0 Å². The number of hydrogen-bond donors (Lipinski definition) is 2. The van der Waals surface area contributed by atoms with E-state index in [1.54, 1.807) is 12.1 Å². The van der Waals surface area contributed by atoms with Crippen LogP contribution >= 0.6 is 12.2 Å². The molecular weight excluding hydrogens is 450 g/mol. The number of benzene rings is 2. The van der Waals surface area contributed by atoms with E-state index in [0.717, 1.165) is 18.4 Å². The Labute approximate surface area is 204 Å². The van der Waals surface area contributed by atoms with E-state index < -0.39 is 0 Å². The van der Waals surface area contributed by atoms with Gasteiger partial charge in [-0.05, 0) is 62.7 Å². The molecule has 0 spiro atoms. The lowest BCUT2D eigenvalue weighted by Gasteiger charge is -2.22. The highest BCUT2D eigenvalue weighted by Crippen LogP contribution is 2.31. The van der Waals surface area contributed by atoms with Crippen molar-refractivity contribution in [2.24, 2.45) is 0 Å². The molecule has 180 valence electrons. The maximum atomic E-state index is 13.4. The number of H-pyrrole nitrogens is 1. The van der Waals surface area contributed by atoms with Crippen molar-refractivity contribution in [3.63, 3.8) is 0 Å². The summed E-state index contributed by atoms with van der Waals surface area (Å²) in [7, 11) is 0. The number of aromatic amines is 1. The Morgan fingerprint density at radius 3 is 2.35 bits per heavy atom. The smallest absolute Gasteiger partial charge is 0.266 e. The molecule has 2 N–H and O–H groups in total. The van der Waals surface area contributed by atoms with Crippen molar-refractivity contribution in [1.29, 1.82) is 0 Å². The summed E-state index contributed by atoms with van der Waals surface area (Å²) in [6, 6.07) is 11.1. The monoisotopic (exact) mass is 481 g/mol. The first-order valence-corrected chi connectivity index (χ1v) is 12.4. The Morgan fingerprint density at radius 1 is 1.06 bits per heavy atom. The summed E-state index contributed by atoms with van der Waals surface area (Å²) in [5, 5.41) is 3.60. The third kappa shape index (κ3) is 5.33. The summed E-state index contributed by atoms with van der Waals surface area (Å²) in [6.07, 6.45) is 6.05. The van der Waals surface area contributed by atoms with Crippen molar-refractivity contribution in [3.8, 4) is 17.2 Å². The minimum atomic E-state index is -0.245. The van der Waals surface area contributed by atoms with Crippen LogP contribution in [0, 0.1) is 4.77 Å². The van der Waals surface area contributed by atoms with Gasteiger partial charge in [0.15, 0.2) is 16.3 Å². The Bertz CT molecular complexity index is 1270. The van der Waals surface area contributed by atoms with Crippen molar-refractivity contribution in [1.82, 2.24) is 14.9 Å². The minimum Gasteiger partial charge on any atom is -0.490 e. The standard InChI is InChI=1S/C26H31N3O4S/c1-3-32-22-15-20-21(16-23(22)33-4-2)28-26(34)29(25(20)31)19-12-10-17(11-13-19)14-24(30)27-18-8-6-5-7-9-18/h10-13,15-16,18H,3-9,14H2,1-2H3,(H,27,30)(H,28,34). The van der Waals surface area contributed by atoms with E-state index in [1.165, 1.54) is 23.8 Å². The zero-order valence-electron chi connectivity index (χ0n) is 19.7. The van der Waals surface area contributed by atoms with Crippen LogP contribution in [-0.4, -0.2) is 34.7 Å². The van der Waals surface area contributed by atoms with Gasteiger partial charge in [-0.3, -0.25) is 14.2 Å². The quantitative estimate of drug-likeness (QED) is 0.450. The van der Waals surface area contributed by atoms with Crippen molar-refractivity contribution < 1.29 is 14.3 Å². The van der Waals surface area contributed by atoms with Gasteiger partial charge >= 0.3 is 0 Å². The van der Waals surface area contributed by atoms with Gasteiger partial charge in [0.1, 0.15) is 0 Å². The number of nitrogens with zero attached hydrogens (tertiary/aromatic N) is 1. The molecule has 0 atom stereocenters. The van der Waals surface area contributed by atoms with Crippen LogP contribution in [0.15, 0.2) is 41.2 Å². The van der Waals surface area contributed by atoms with E-state index in [0.29, 0.717) is 53.8 Å². The van der Waals surface area contributed by atoms with Gasteiger partial charge < -0.3 is 19.8 Å². The predicted molar refractivity (Wildman–Crippen MR) is 136 cm³/mol. The van der Waals surface area contributed by atoms with Crippen molar-refractivity contribution in [2.45, 2.75) is 58.4 Å². The Morgan fingerprint density at radius 2 is 1.71 bits per heavy atom. The molecule has 1 fully saturated rings. The molecule has 1 aliphatic rings. The molecular formula is C26H31N3O4S. The predicted octanol–water partition coefficient (Wildman–Crippen LogP) is 4.84. The van der Waals surface area contributed by atoms with Crippen molar-refractivity contribution in [2.75, 3.05) is 13.2 Å². The van der Waals surface area contributed by atoms with Gasteiger partial charge in [-0.15, -0.1) is 0 Å². The average Bonchev–Trinajstić information content (AvgIpc) is 2.82. The van der Waals surface area contributed by atoms with Crippen LogP contribution in [0.25, 0.3) is 16.6 Å². The molecule has 1 amide bonds. The minimum absolute atomic E-state index is 0.0355. The van der Waals surface area contributed by atoms with Gasteiger partial charge in [-0.25, -0.2) is 0 Å². The normalized spacial score (nSPS) is 14.2. The average molecular weight is 482 g/mol. The molecule has 4 rings (SSSR count). The molecule has 3 aromatic rings. The van der Waals surface area contributed by atoms with Crippen LogP contribution in [0.5, 0.6) is 11.5 Å². The molecule has 0 unspecified atom stereocenters. The second kappa shape index (κ2) is 10.9. The first-order chi connectivity index (χ1) is 16.5. The van der Waals surface area contributed by atoms with Gasteiger partial charge in [0.2, 0.25) is 5.91 Å². The SMILES string of the molecule is CCOc1cc2[nH]c(=S)n(-c3ccc(CC(=O)NC4CCCCC4)cc3)c(=O)c2cc1OCC. The third-order valence-corrected chi connectivity index (χ3v) is 6.38.